The molecule has 0 aromatic rings. The second-order valence-electron chi connectivity index (χ2n) is 6.14. The summed E-state index contributed by atoms with van der Waals surface area (Å²) in [5, 5.41) is -0.362. The fraction of sp³-hybridized carbons (Fsp3) is 0.625. The molecule has 21 heavy (non-hydrogen) atoms. The van der Waals surface area contributed by atoms with Crippen LogP contribution in [0.3, 0.4) is 0 Å². The molecule has 1 aliphatic rings. The van der Waals surface area contributed by atoms with Gasteiger partial charge in [-0.05, 0) is 19.3 Å². The van der Waals surface area contributed by atoms with E-state index >= 15 is 0 Å². The van der Waals surface area contributed by atoms with Crippen LogP contribution in [0.25, 0.3) is 0 Å². The molecule has 0 aromatic heterocycles. The molecule has 0 aliphatic heterocycles. The van der Waals surface area contributed by atoms with Gasteiger partial charge < -0.3 is 8.85 Å². The molecule has 0 saturated heterocycles. The molecule has 118 valence electrons. The minimum atomic E-state index is -3.10. The highest BCUT2D eigenvalue weighted by atomic mass is 28.4. The van der Waals surface area contributed by atoms with Gasteiger partial charge in [-0.3, -0.25) is 0 Å². The van der Waals surface area contributed by atoms with E-state index in [0.29, 0.717) is 0 Å². The standard InChI is InChI=1S/C16H26O4Si/c1-6-14(17)19-21(16(4,5)8-3,20-15(18)7-2)13-11-9-10-12-13/h6-7,13H,1-2,8-12H2,3-5H3. The topological polar surface area (TPSA) is 52.6 Å². The van der Waals surface area contributed by atoms with E-state index in [1.807, 2.05) is 20.8 Å². The molecular formula is C16H26O4Si. The van der Waals surface area contributed by atoms with Crippen LogP contribution in [0.15, 0.2) is 25.3 Å². The first-order valence-corrected chi connectivity index (χ1v) is 9.43. The summed E-state index contributed by atoms with van der Waals surface area (Å²) in [7, 11) is -3.10. The molecule has 0 atom stereocenters. The zero-order chi connectivity index (χ0) is 16.1. The maximum absolute atomic E-state index is 11.9. The largest absolute Gasteiger partial charge is 0.481 e. The first-order chi connectivity index (χ1) is 9.82. The van der Waals surface area contributed by atoms with Crippen LogP contribution in [0.5, 0.6) is 0 Å². The van der Waals surface area contributed by atoms with Gasteiger partial charge in [0.25, 0.3) is 0 Å². The number of carbonyl (C=O) groups excluding carboxylic acids is 2. The van der Waals surface area contributed by atoms with Crippen LogP contribution in [0.2, 0.25) is 10.6 Å². The van der Waals surface area contributed by atoms with Crippen molar-refractivity contribution in [1.82, 2.24) is 0 Å². The van der Waals surface area contributed by atoms with Crippen LogP contribution in [-0.4, -0.2) is 20.5 Å². The number of rotatable bonds is 7. The van der Waals surface area contributed by atoms with Gasteiger partial charge in [0.15, 0.2) is 0 Å². The van der Waals surface area contributed by atoms with Crippen molar-refractivity contribution in [2.75, 3.05) is 0 Å². The summed E-state index contributed by atoms with van der Waals surface area (Å²) in [6.45, 7) is 13.0. The lowest BCUT2D eigenvalue weighted by atomic mass is 10.1. The highest BCUT2D eigenvalue weighted by Crippen LogP contribution is 2.53. The molecule has 1 fully saturated rings. The summed E-state index contributed by atoms with van der Waals surface area (Å²) < 4.78 is 11.6. The lowest BCUT2D eigenvalue weighted by Crippen LogP contribution is -2.56. The maximum atomic E-state index is 11.9. The minimum Gasteiger partial charge on any atom is -0.481 e. The van der Waals surface area contributed by atoms with Gasteiger partial charge in [-0.1, -0.05) is 46.8 Å². The molecule has 4 nitrogen and oxygen atoms in total. The lowest BCUT2D eigenvalue weighted by molar-refractivity contribution is -0.137. The molecule has 1 saturated carbocycles. The average molecular weight is 310 g/mol. The Labute approximate surface area is 128 Å². The Morgan fingerprint density at radius 3 is 1.90 bits per heavy atom. The van der Waals surface area contributed by atoms with E-state index in [9.17, 15) is 9.59 Å². The second-order valence-corrected chi connectivity index (χ2v) is 10.1. The normalized spacial score (nSPS) is 16.3. The molecule has 0 N–H and O–H groups in total. The van der Waals surface area contributed by atoms with Gasteiger partial charge in [-0.25, -0.2) is 9.59 Å². The van der Waals surface area contributed by atoms with E-state index in [-0.39, 0.29) is 10.6 Å². The summed E-state index contributed by atoms with van der Waals surface area (Å²) in [5.41, 5.74) is 0.139. The Hall–Kier alpha value is -1.36. The third-order valence-electron chi connectivity index (χ3n) is 4.56. The summed E-state index contributed by atoms with van der Waals surface area (Å²) >= 11 is 0. The van der Waals surface area contributed by atoms with E-state index in [0.717, 1.165) is 44.3 Å². The van der Waals surface area contributed by atoms with Gasteiger partial charge in [0, 0.05) is 22.7 Å². The Morgan fingerprint density at radius 2 is 1.57 bits per heavy atom. The third-order valence-corrected chi connectivity index (χ3v) is 9.46. The number of hydrogen-bond acceptors (Lipinski definition) is 4. The van der Waals surface area contributed by atoms with Crippen LogP contribution in [0, 0.1) is 0 Å². The maximum Gasteiger partial charge on any atom is 0.473 e. The molecule has 0 amide bonds. The predicted octanol–water partition coefficient (Wildman–Crippen LogP) is 4.02. The third kappa shape index (κ3) is 3.64. The number of hydrogen-bond donors (Lipinski definition) is 0. The fourth-order valence-corrected chi connectivity index (χ4v) is 7.41. The zero-order valence-corrected chi connectivity index (χ0v) is 14.3. The van der Waals surface area contributed by atoms with Crippen LogP contribution in [-0.2, 0) is 18.4 Å². The summed E-state index contributed by atoms with van der Waals surface area (Å²) in [4.78, 5) is 23.8. The van der Waals surface area contributed by atoms with Crippen molar-refractivity contribution in [2.45, 2.75) is 63.5 Å². The molecule has 0 spiro atoms. The van der Waals surface area contributed by atoms with Crippen molar-refractivity contribution < 1.29 is 18.4 Å². The second kappa shape index (κ2) is 7.07. The Balaban J connectivity index is 3.29. The van der Waals surface area contributed by atoms with Crippen molar-refractivity contribution >= 4 is 20.5 Å². The summed E-state index contributed by atoms with van der Waals surface area (Å²) in [5.74, 6) is -1.01. The van der Waals surface area contributed by atoms with Crippen LogP contribution in [0.4, 0.5) is 0 Å². The first-order valence-electron chi connectivity index (χ1n) is 7.53. The van der Waals surface area contributed by atoms with Gasteiger partial charge in [-0.15, -0.1) is 0 Å². The molecule has 1 rings (SSSR count). The highest BCUT2D eigenvalue weighted by Gasteiger charge is 2.62. The molecular weight excluding hydrogens is 284 g/mol. The smallest absolute Gasteiger partial charge is 0.473 e. The molecule has 0 bridgehead atoms. The molecule has 0 radical (unpaired) electrons. The van der Waals surface area contributed by atoms with Crippen LogP contribution in [0.1, 0.15) is 52.9 Å². The Bertz CT molecular complexity index is 400. The minimum absolute atomic E-state index is 0.139. The summed E-state index contributed by atoms with van der Waals surface area (Å²) in [6.07, 6.45) is 7.08. The van der Waals surface area contributed by atoms with E-state index in [1.54, 1.807) is 0 Å². The van der Waals surface area contributed by atoms with Crippen LogP contribution >= 0.6 is 0 Å². The molecule has 1 aliphatic carbocycles. The van der Waals surface area contributed by atoms with Crippen molar-refractivity contribution in [3.8, 4) is 0 Å². The van der Waals surface area contributed by atoms with E-state index in [2.05, 4.69) is 13.2 Å². The zero-order valence-electron chi connectivity index (χ0n) is 13.3. The van der Waals surface area contributed by atoms with Crippen molar-refractivity contribution in [2.24, 2.45) is 0 Å². The van der Waals surface area contributed by atoms with E-state index in [1.165, 1.54) is 0 Å². The van der Waals surface area contributed by atoms with Crippen LogP contribution < -0.4 is 0 Å². The number of carbonyl (C=O) groups is 2. The Morgan fingerprint density at radius 1 is 1.14 bits per heavy atom. The van der Waals surface area contributed by atoms with Gasteiger partial charge >= 0.3 is 20.5 Å². The summed E-state index contributed by atoms with van der Waals surface area (Å²) in [6, 6.07) is 0. The molecule has 0 heterocycles. The predicted molar refractivity (Wildman–Crippen MR) is 84.9 cm³/mol. The van der Waals surface area contributed by atoms with Gasteiger partial charge in [0.2, 0.25) is 0 Å². The molecule has 0 unspecified atom stereocenters. The van der Waals surface area contributed by atoms with E-state index in [4.69, 9.17) is 8.85 Å². The lowest BCUT2D eigenvalue weighted by Gasteiger charge is -2.44. The van der Waals surface area contributed by atoms with E-state index < -0.39 is 20.5 Å². The molecule has 5 heteroatoms. The van der Waals surface area contributed by atoms with Crippen molar-refractivity contribution in [1.29, 1.82) is 0 Å². The monoisotopic (exact) mass is 310 g/mol. The first kappa shape index (κ1) is 17.7. The molecule has 0 aromatic carbocycles. The SMILES string of the molecule is C=CC(=O)O[Si](OC(=O)C=C)(C1CCCC1)C(C)(C)CC. The fourth-order valence-electron chi connectivity index (χ4n) is 2.95. The Kier molecular flexibility index (Phi) is 5.95. The van der Waals surface area contributed by atoms with Gasteiger partial charge in [0.1, 0.15) is 0 Å². The quantitative estimate of drug-likeness (QED) is 0.526. The van der Waals surface area contributed by atoms with Crippen molar-refractivity contribution in [3.05, 3.63) is 25.3 Å². The highest BCUT2D eigenvalue weighted by molar-refractivity contribution is 6.75. The van der Waals surface area contributed by atoms with Crippen molar-refractivity contribution in [3.63, 3.8) is 0 Å². The van der Waals surface area contributed by atoms with Gasteiger partial charge in [0.05, 0.1) is 0 Å². The van der Waals surface area contributed by atoms with Gasteiger partial charge in [-0.2, -0.15) is 0 Å². The average Bonchev–Trinajstić information content (AvgIpc) is 3.00.